The van der Waals surface area contributed by atoms with Crippen molar-refractivity contribution < 1.29 is 29.0 Å². The van der Waals surface area contributed by atoms with E-state index in [2.05, 4.69) is 22.6 Å². The molecule has 172 valence electrons. The number of rotatable bonds is 7. The van der Waals surface area contributed by atoms with Crippen molar-refractivity contribution in [2.45, 2.75) is 13.5 Å². The van der Waals surface area contributed by atoms with E-state index in [1.54, 1.807) is 30.3 Å². The zero-order chi connectivity index (χ0) is 24.3. The number of hydrogen-bond donors (Lipinski definition) is 1. The van der Waals surface area contributed by atoms with Gasteiger partial charge in [-0.05, 0) is 83.2 Å². The molecule has 10 heteroatoms. The van der Waals surface area contributed by atoms with Crippen LogP contribution in [0.3, 0.4) is 0 Å². The van der Waals surface area contributed by atoms with E-state index in [1.165, 1.54) is 36.0 Å². The summed E-state index contributed by atoms with van der Waals surface area (Å²) in [5, 5.41) is 9.32. The van der Waals surface area contributed by atoms with Gasteiger partial charge in [0.2, 0.25) is 0 Å². The number of benzene rings is 2. The van der Waals surface area contributed by atoms with Crippen LogP contribution in [-0.2, 0) is 16.2 Å². The number of ether oxygens (including phenoxy) is 2. The third-order valence-corrected chi connectivity index (χ3v) is 6.19. The van der Waals surface area contributed by atoms with Crippen LogP contribution < -0.4 is 9.47 Å². The number of aromatic carboxylic acids is 1. The van der Waals surface area contributed by atoms with Gasteiger partial charge in [0.25, 0.3) is 11.8 Å². The molecule has 2 aromatic rings. The first kappa shape index (κ1) is 24.6. The van der Waals surface area contributed by atoms with Gasteiger partial charge in [-0.1, -0.05) is 12.1 Å². The SMILES string of the molecule is CCOc1cc(C=C2C(=O)N(C)C(=S)N(C)C2=O)cc(I)c1OCc1cccc(C(=O)O)c1. The summed E-state index contributed by atoms with van der Waals surface area (Å²) in [6.07, 6.45) is 1.50. The number of halogens is 1. The lowest BCUT2D eigenvalue weighted by molar-refractivity contribution is -0.132. The first-order chi connectivity index (χ1) is 15.6. The van der Waals surface area contributed by atoms with Crippen molar-refractivity contribution in [1.82, 2.24) is 9.80 Å². The Labute approximate surface area is 209 Å². The predicted molar refractivity (Wildman–Crippen MR) is 134 cm³/mol. The van der Waals surface area contributed by atoms with Crippen molar-refractivity contribution in [2.24, 2.45) is 0 Å². The van der Waals surface area contributed by atoms with E-state index in [4.69, 9.17) is 21.7 Å². The molecule has 1 fully saturated rings. The molecule has 0 radical (unpaired) electrons. The molecule has 2 amide bonds. The van der Waals surface area contributed by atoms with E-state index in [1.807, 2.05) is 6.92 Å². The van der Waals surface area contributed by atoms with Gasteiger partial charge in [0, 0.05) is 14.1 Å². The van der Waals surface area contributed by atoms with Crippen LogP contribution in [-0.4, -0.2) is 58.5 Å². The Balaban J connectivity index is 1.93. The molecule has 3 rings (SSSR count). The van der Waals surface area contributed by atoms with Gasteiger partial charge in [0.05, 0.1) is 15.7 Å². The molecule has 0 spiro atoms. The standard InChI is InChI=1S/C23H21IN2O6S/c1-4-31-18-11-14(9-16-20(27)25(2)23(33)26(3)21(16)28)10-17(24)19(18)32-12-13-6-5-7-15(8-13)22(29)30/h5-11H,4,12H2,1-3H3,(H,29,30). The molecule has 33 heavy (non-hydrogen) atoms. The minimum Gasteiger partial charge on any atom is -0.490 e. The highest BCUT2D eigenvalue weighted by Gasteiger charge is 2.35. The van der Waals surface area contributed by atoms with Gasteiger partial charge in [-0.3, -0.25) is 19.4 Å². The molecule has 1 N–H and O–H groups in total. The minimum absolute atomic E-state index is 0.00833. The van der Waals surface area contributed by atoms with Crippen LogP contribution in [0.2, 0.25) is 0 Å². The second kappa shape index (κ2) is 10.3. The van der Waals surface area contributed by atoms with Crippen LogP contribution >= 0.6 is 34.8 Å². The molecule has 0 unspecified atom stereocenters. The molecule has 0 bridgehead atoms. The van der Waals surface area contributed by atoms with Crippen molar-refractivity contribution in [3.8, 4) is 11.5 Å². The average Bonchev–Trinajstić information content (AvgIpc) is 2.79. The van der Waals surface area contributed by atoms with E-state index < -0.39 is 17.8 Å². The smallest absolute Gasteiger partial charge is 0.335 e. The van der Waals surface area contributed by atoms with Gasteiger partial charge < -0.3 is 14.6 Å². The number of carbonyl (C=O) groups excluding carboxylic acids is 2. The third-order valence-electron chi connectivity index (χ3n) is 4.84. The minimum atomic E-state index is -1.01. The van der Waals surface area contributed by atoms with Gasteiger partial charge >= 0.3 is 5.97 Å². The molecule has 8 nitrogen and oxygen atoms in total. The number of nitrogens with zero attached hydrogens (tertiary/aromatic N) is 2. The number of likely N-dealkylation sites (N-methyl/N-ethyl adjacent to an activating group) is 2. The zero-order valence-corrected chi connectivity index (χ0v) is 21.1. The first-order valence-electron chi connectivity index (χ1n) is 9.87. The molecule has 1 heterocycles. The summed E-state index contributed by atoms with van der Waals surface area (Å²) in [5.74, 6) is -1.04. The fourth-order valence-electron chi connectivity index (χ4n) is 3.17. The number of carbonyl (C=O) groups is 3. The third kappa shape index (κ3) is 5.33. The second-order valence-electron chi connectivity index (χ2n) is 7.13. The lowest BCUT2D eigenvalue weighted by atomic mass is 10.1. The normalized spacial score (nSPS) is 13.9. The first-order valence-corrected chi connectivity index (χ1v) is 11.4. The van der Waals surface area contributed by atoms with Crippen LogP contribution in [0.5, 0.6) is 11.5 Å². The van der Waals surface area contributed by atoms with Crippen LogP contribution in [0, 0.1) is 3.57 Å². The van der Waals surface area contributed by atoms with Gasteiger partial charge in [0.15, 0.2) is 16.6 Å². The van der Waals surface area contributed by atoms with E-state index in [0.29, 0.717) is 32.8 Å². The Morgan fingerprint density at radius 1 is 1.12 bits per heavy atom. The summed E-state index contributed by atoms with van der Waals surface area (Å²) < 4.78 is 12.4. The molecule has 0 aliphatic carbocycles. The van der Waals surface area contributed by atoms with Crippen LogP contribution in [0.1, 0.15) is 28.4 Å². The molecule has 0 saturated carbocycles. The van der Waals surface area contributed by atoms with Gasteiger partial charge in [-0.25, -0.2) is 4.79 Å². The average molecular weight is 580 g/mol. The molecular weight excluding hydrogens is 559 g/mol. The second-order valence-corrected chi connectivity index (χ2v) is 8.65. The highest BCUT2D eigenvalue weighted by molar-refractivity contribution is 14.1. The van der Waals surface area contributed by atoms with E-state index in [-0.39, 0.29) is 22.9 Å². The summed E-state index contributed by atoms with van der Waals surface area (Å²) in [7, 11) is 3.04. The number of carboxylic acids is 1. The maximum absolute atomic E-state index is 12.6. The molecular formula is C23H21IN2O6S. The van der Waals surface area contributed by atoms with Crippen molar-refractivity contribution >= 4 is 63.8 Å². The Morgan fingerprint density at radius 2 is 1.79 bits per heavy atom. The summed E-state index contributed by atoms with van der Waals surface area (Å²) in [5.41, 5.74) is 1.45. The Morgan fingerprint density at radius 3 is 2.39 bits per heavy atom. The van der Waals surface area contributed by atoms with E-state index in [0.717, 1.165) is 0 Å². The van der Waals surface area contributed by atoms with Crippen molar-refractivity contribution in [3.05, 3.63) is 62.2 Å². The Bertz CT molecular complexity index is 1150. The van der Waals surface area contributed by atoms with E-state index in [9.17, 15) is 19.5 Å². The molecule has 1 aliphatic rings. The lowest BCUT2D eigenvalue weighted by Crippen LogP contribution is -2.52. The fraction of sp³-hybridized carbons (Fsp3) is 0.217. The van der Waals surface area contributed by atoms with Crippen LogP contribution in [0.15, 0.2) is 42.0 Å². The molecule has 0 aromatic heterocycles. The molecule has 2 aromatic carbocycles. The molecule has 0 atom stereocenters. The van der Waals surface area contributed by atoms with Gasteiger partial charge in [0.1, 0.15) is 12.2 Å². The summed E-state index contributed by atoms with van der Waals surface area (Å²) in [4.78, 5) is 38.9. The predicted octanol–water partition coefficient (Wildman–Crippen LogP) is 3.57. The maximum atomic E-state index is 12.6. The topological polar surface area (TPSA) is 96.4 Å². The highest BCUT2D eigenvalue weighted by atomic mass is 127. The maximum Gasteiger partial charge on any atom is 0.335 e. The van der Waals surface area contributed by atoms with Crippen LogP contribution in [0.4, 0.5) is 0 Å². The number of amides is 2. The highest BCUT2D eigenvalue weighted by Crippen LogP contribution is 2.36. The van der Waals surface area contributed by atoms with Gasteiger partial charge in [-0.2, -0.15) is 0 Å². The van der Waals surface area contributed by atoms with Crippen molar-refractivity contribution in [2.75, 3.05) is 20.7 Å². The lowest BCUT2D eigenvalue weighted by Gasteiger charge is -2.31. The summed E-state index contributed by atoms with van der Waals surface area (Å²) in [6.45, 7) is 2.34. The largest absolute Gasteiger partial charge is 0.490 e. The summed E-state index contributed by atoms with van der Waals surface area (Å²) in [6, 6.07) is 9.95. The Kier molecular flexibility index (Phi) is 7.69. The van der Waals surface area contributed by atoms with Crippen molar-refractivity contribution in [3.63, 3.8) is 0 Å². The quantitative estimate of drug-likeness (QED) is 0.232. The molecule has 1 aliphatic heterocycles. The fourth-order valence-corrected chi connectivity index (χ4v) is 4.11. The summed E-state index contributed by atoms with van der Waals surface area (Å²) >= 11 is 7.21. The molecule has 1 saturated heterocycles. The number of thiocarbonyl (C=S) groups is 1. The number of hydrogen-bond acceptors (Lipinski definition) is 6. The van der Waals surface area contributed by atoms with E-state index >= 15 is 0 Å². The Hall–Kier alpha value is -2.99. The monoisotopic (exact) mass is 580 g/mol. The zero-order valence-electron chi connectivity index (χ0n) is 18.1. The van der Waals surface area contributed by atoms with Crippen molar-refractivity contribution in [1.29, 1.82) is 0 Å². The number of carboxylic acid groups (broad SMARTS) is 1. The van der Waals surface area contributed by atoms with Gasteiger partial charge in [-0.15, -0.1) is 0 Å². The van der Waals surface area contributed by atoms with Crippen LogP contribution in [0.25, 0.3) is 6.08 Å².